The summed E-state index contributed by atoms with van der Waals surface area (Å²) in [5.41, 5.74) is 2.15. The number of rotatable bonds is 9. The fourth-order valence-electron chi connectivity index (χ4n) is 2.79. The number of carbonyl (C=O) groups is 1. The van der Waals surface area contributed by atoms with E-state index in [0.717, 1.165) is 11.3 Å². The average molecular weight is 425 g/mol. The van der Waals surface area contributed by atoms with Crippen molar-refractivity contribution in [2.24, 2.45) is 0 Å². The quantitative estimate of drug-likeness (QED) is 0.492. The molecule has 0 heterocycles. The number of hydrogen-bond donors (Lipinski definition) is 2. The lowest BCUT2D eigenvalue weighted by Crippen LogP contribution is -2.14. The van der Waals surface area contributed by atoms with E-state index in [-0.39, 0.29) is 10.8 Å². The molecule has 0 atom stereocenters. The van der Waals surface area contributed by atoms with Crippen LogP contribution in [-0.2, 0) is 14.8 Å². The lowest BCUT2D eigenvalue weighted by Gasteiger charge is -2.10. The molecular formula is C23H24N2O4S. The molecule has 0 unspecified atom stereocenters. The van der Waals surface area contributed by atoms with Crippen LogP contribution in [0.15, 0.2) is 83.8 Å². The van der Waals surface area contributed by atoms with Crippen molar-refractivity contribution in [3.8, 4) is 5.75 Å². The van der Waals surface area contributed by atoms with E-state index < -0.39 is 10.0 Å². The van der Waals surface area contributed by atoms with Crippen LogP contribution in [0.3, 0.4) is 0 Å². The van der Waals surface area contributed by atoms with Gasteiger partial charge in [-0.2, -0.15) is 0 Å². The number of anilines is 2. The molecule has 0 aromatic heterocycles. The van der Waals surface area contributed by atoms with Gasteiger partial charge in [-0.3, -0.25) is 9.52 Å². The summed E-state index contributed by atoms with van der Waals surface area (Å²) in [7, 11) is -3.68. The molecule has 30 heavy (non-hydrogen) atoms. The van der Waals surface area contributed by atoms with Gasteiger partial charge in [0.2, 0.25) is 5.91 Å². The Labute approximate surface area is 177 Å². The van der Waals surface area contributed by atoms with Gasteiger partial charge in [0.05, 0.1) is 11.5 Å². The van der Waals surface area contributed by atoms with Crippen LogP contribution in [0.5, 0.6) is 5.75 Å². The molecule has 3 aromatic rings. The van der Waals surface area contributed by atoms with E-state index in [1.54, 1.807) is 36.4 Å². The molecule has 6 nitrogen and oxygen atoms in total. The number of sulfonamides is 1. The maximum absolute atomic E-state index is 12.4. The molecule has 0 bridgehead atoms. The Kier molecular flexibility index (Phi) is 7.08. The SMILES string of the molecule is Cc1cccc(OCCCC(=O)Nc2ccc(S(=O)(=O)Nc3ccccc3)cc2)c1. The zero-order valence-corrected chi connectivity index (χ0v) is 17.5. The first-order valence-electron chi connectivity index (χ1n) is 9.60. The third-order valence-corrected chi connectivity index (χ3v) is 5.68. The zero-order valence-electron chi connectivity index (χ0n) is 16.7. The Hall–Kier alpha value is -3.32. The number of para-hydroxylation sites is 1. The molecule has 0 radical (unpaired) electrons. The standard InChI is InChI=1S/C23H24N2O4S/c1-18-7-5-10-21(17-18)29-16-6-11-23(26)24-19-12-14-22(15-13-19)30(27,28)25-20-8-3-2-4-9-20/h2-5,7-10,12-15,17,25H,6,11,16H2,1H3,(H,24,26). The molecular weight excluding hydrogens is 400 g/mol. The smallest absolute Gasteiger partial charge is 0.261 e. The Morgan fingerprint density at radius 1 is 0.900 bits per heavy atom. The van der Waals surface area contributed by atoms with Crippen molar-refractivity contribution in [2.75, 3.05) is 16.6 Å². The summed E-state index contributed by atoms with van der Waals surface area (Å²) < 4.78 is 33.0. The Morgan fingerprint density at radius 2 is 1.63 bits per heavy atom. The second-order valence-corrected chi connectivity index (χ2v) is 8.50. The molecule has 3 aromatic carbocycles. The minimum Gasteiger partial charge on any atom is -0.494 e. The highest BCUT2D eigenvalue weighted by Crippen LogP contribution is 2.18. The lowest BCUT2D eigenvalue weighted by atomic mass is 10.2. The van der Waals surface area contributed by atoms with Gasteiger partial charge in [0.1, 0.15) is 5.75 Å². The van der Waals surface area contributed by atoms with Crippen LogP contribution in [0.25, 0.3) is 0 Å². The summed E-state index contributed by atoms with van der Waals surface area (Å²) in [6, 6.07) is 22.5. The van der Waals surface area contributed by atoms with Crippen LogP contribution in [-0.4, -0.2) is 20.9 Å². The van der Waals surface area contributed by atoms with E-state index in [1.807, 2.05) is 37.3 Å². The van der Waals surface area contributed by atoms with Crippen molar-refractivity contribution < 1.29 is 17.9 Å². The number of hydrogen-bond acceptors (Lipinski definition) is 4. The van der Waals surface area contributed by atoms with Crippen molar-refractivity contribution in [1.29, 1.82) is 0 Å². The summed E-state index contributed by atoms with van der Waals surface area (Å²) >= 11 is 0. The van der Waals surface area contributed by atoms with Crippen molar-refractivity contribution in [3.63, 3.8) is 0 Å². The molecule has 7 heteroatoms. The fourth-order valence-corrected chi connectivity index (χ4v) is 3.85. The first kappa shape index (κ1) is 21.4. The van der Waals surface area contributed by atoms with Gasteiger partial charge < -0.3 is 10.1 Å². The topological polar surface area (TPSA) is 84.5 Å². The van der Waals surface area contributed by atoms with Crippen LogP contribution >= 0.6 is 0 Å². The van der Waals surface area contributed by atoms with Crippen LogP contribution in [0, 0.1) is 6.92 Å². The molecule has 1 amide bonds. The molecule has 0 fully saturated rings. The molecule has 156 valence electrons. The van der Waals surface area contributed by atoms with Gasteiger partial charge in [-0.15, -0.1) is 0 Å². The maximum Gasteiger partial charge on any atom is 0.261 e. The predicted octanol–water partition coefficient (Wildman–Crippen LogP) is 4.59. The zero-order chi connectivity index (χ0) is 21.4. The van der Waals surface area contributed by atoms with Crippen LogP contribution in [0.1, 0.15) is 18.4 Å². The van der Waals surface area contributed by atoms with E-state index in [2.05, 4.69) is 10.0 Å². The van der Waals surface area contributed by atoms with Crippen molar-refractivity contribution >= 4 is 27.3 Å². The third-order valence-electron chi connectivity index (χ3n) is 4.28. The van der Waals surface area contributed by atoms with Crippen LogP contribution in [0.2, 0.25) is 0 Å². The summed E-state index contributed by atoms with van der Waals surface area (Å²) in [5.74, 6) is 0.636. The second-order valence-electron chi connectivity index (χ2n) is 6.81. The summed E-state index contributed by atoms with van der Waals surface area (Å²) in [6.07, 6.45) is 0.884. The minimum atomic E-state index is -3.68. The normalized spacial score (nSPS) is 11.0. The molecule has 2 N–H and O–H groups in total. The monoisotopic (exact) mass is 424 g/mol. The van der Waals surface area contributed by atoms with E-state index in [1.165, 1.54) is 12.1 Å². The van der Waals surface area contributed by atoms with E-state index in [9.17, 15) is 13.2 Å². The van der Waals surface area contributed by atoms with Gasteiger partial charge in [-0.1, -0.05) is 30.3 Å². The van der Waals surface area contributed by atoms with Crippen molar-refractivity contribution in [1.82, 2.24) is 0 Å². The molecule has 0 saturated carbocycles. The Bertz CT molecular complexity index is 1080. The Morgan fingerprint density at radius 3 is 2.33 bits per heavy atom. The number of carbonyl (C=O) groups excluding carboxylic acids is 1. The van der Waals surface area contributed by atoms with Gasteiger partial charge in [0.25, 0.3) is 10.0 Å². The highest BCUT2D eigenvalue weighted by molar-refractivity contribution is 7.92. The number of aryl methyl sites for hydroxylation is 1. The van der Waals surface area contributed by atoms with Gasteiger partial charge in [0, 0.05) is 17.8 Å². The first-order valence-corrected chi connectivity index (χ1v) is 11.1. The van der Waals surface area contributed by atoms with E-state index in [0.29, 0.717) is 30.8 Å². The fraction of sp³-hybridized carbons (Fsp3) is 0.174. The lowest BCUT2D eigenvalue weighted by molar-refractivity contribution is -0.116. The molecule has 3 rings (SSSR count). The molecule has 0 aliphatic heterocycles. The third kappa shape index (κ3) is 6.35. The van der Waals surface area contributed by atoms with E-state index >= 15 is 0 Å². The van der Waals surface area contributed by atoms with Gasteiger partial charge >= 0.3 is 0 Å². The number of ether oxygens (including phenoxy) is 1. The molecule has 0 spiro atoms. The van der Waals surface area contributed by atoms with Gasteiger partial charge in [-0.05, 0) is 67.4 Å². The van der Waals surface area contributed by atoms with Crippen LogP contribution < -0.4 is 14.8 Å². The largest absolute Gasteiger partial charge is 0.494 e. The first-order chi connectivity index (χ1) is 14.4. The van der Waals surface area contributed by atoms with Gasteiger partial charge in [-0.25, -0.2) is 8.42 Å². The predicted molar refractivity (Wildman–Crippen MR) is 118 cm³/mol. The highest BCUT2D eigenvalue weighted by Gasteiger charge is 2.14. The second kappa shape index (κ2) is 9.93. The summed E-state index contributed by atoms with van der Waals surface area (Å²) in [5, 5.41) is 2.77. The number of benzene rings is 3. The van der Waals surface area contributed by atoms with Gasteiger partial charge in [0.15, 0.2) is 0 Å². The number of amides is 1. The molecule has 0 saturated heterocycles. The maximum atomic E-state index is 12.4. The van der Waals surface area contributed by atoms with Crippen molar-refractivity contribution in [2.45, 2.75) is 24.7 Å². The average Bonchev–Trinajstić information content (AvgIpc) is 2.72. The minimum absolute atomic E-state index is 0.121. The summed E-state index contributed by atoms with van der Waals surface area (Å²) in [6.45, 7) is 2.44. The molecule has 0 aliphatic rings. The Balaban J connectivity index is 1.47. The van der Waals surface area contributed by atoms with Crippen molar-refractivity contribution in [3.05, 3.63) is 84.4 Å². The highest BCUT2D eigenvalue weighted by atomic mass is 32.2. The van der Waals surface area contributed by atoms with Crippen LogP contribution in [0.4, 0.5) is 11.4 Å². The number of nitrogens with one attached hydrogen (secondary N) is 2. The summed E-state index contributed by atoms with van der Waals surface area (Å²) in [4.78, 5) is 12.2. The van der Waals surface area contributed by atoms with E-state index in [4.69, 9.17) is 4.74 Å². The molecule has 0 aliphatic carbocycles.